The normalized spacial score (nSPS) is 24.5. The Morgan fingerprint density at radius 3 is 1.45 bits per heavy atom. The van der Waals surface area contributed by atoms with Gasteiger partial charge in [0.25, 0.3) is 0 Å². The van der Waals surface area contributed by atoms with Crippen molar-refractivity contribution in [2.24, 2.45) is 11.8 Å². The molecule has 2 saturated carbocycles. The first-order valence-electron chi connectivity index (χ1n) is 24.2. The highest BCUT2D eigenvalue weighted by atomic mass is 15.1. The van der Waals surface area contributed by atoms with Gasteiger partial charge in [-0.25, -0.2) is 0 Å². The van der Waals surface area contributed by atoms with Crippen LogP contribution >= 0.6 is 0 Å². The van der Waals surface area contributed by atoms with Gasteiger partial charge in [0.1, 0.15) is 0 Å². The summed E-state index contributed by atoms with van der Waals surface area (Å²) in [6, 6.07) is 65.1. The fourth-order valence-corrected chi connectivity index (χ4v) is 10.9. The third kappa shape index (κ3) is 11.3. The maximum absolute atomic E-state index is 3.47. The molecule has 6 aromatic rings. The largest absolute Gasteiger partial charge is 0.316 e. The van der Waals surface area contributed by atoms with Crippen LogP contribution < -0.4 is 10.6 Å². The molecule has 6 aromatic carbocycles. The van der Waals surface area contributed by atoms with Crippen molar-refractivity contribution in [3.05, 3.63) is 228 Å². The minimum absolute atomic E-state index is 0.522. The predicted molar refractivity (Wildman–Crippen MR) is 269 cm³/mol. The van der Waals surface area contributed by atoms with E-state index < -0.39 is 0 Å². The molecule has 0 aromatic heterocycles. The summed E-state index contributed by atoms with van der Waals surface area (Å²) in [4.78, 5) is 5.13. The molecule has 0 amide bonds. The number of benzene rings is 6. The molecule has 4 heterocycles. The van der Waals surface area contributed by atoms with Gasteiger partial charge in [-0.2, -0.15) is 0 Å². The predicted octanol–water partition coefficient (Wildman–Crippen LogP) is 11.8. The van der Waals surface area contributed by atoms with E-state index in [1.165, 1.54) is 85.3 Å². The lowest BCUT2D eigenvalue weighted by molar-refractivity contribution is 0.199. The highest BCUT2D eigenvalue weighted by molar-refractivity contribution is 5.67. The summed E-state index contributed by atoms with van der Waals surface area (Å²) in [5.74, 6) is 1.80. The standard InChI is InChI=1S/C19H21N.C18H19N.C12H15N.C11H13N/c1-3-7-16(8-4-1)14-20-12-11-19(13-18(19)15-20)17-9-5-2-6-10-17;1-3-7-16(8-4-1)15-19-13-11-18(12-14-19)17-9-5-2-6-10-17;1-2-4-10(5-3-1)12-6-7-13-9-11(12)8-12;1-2-4-10(5-3-1)11-6-8-12-9-7-11/h1-10,18H,11-15H2;1-11H,12-15H2;1-5,11,13H,6-9H2;1-6,12H,7-9H2. The van der Waals surface area contributed by atoms with Crippen LogP contribution in [-0.2, 0) is 23.9 Å². The van der Waals surface area contributed by atoms with Crippen molar-refractivity contribution in [1.82, 2.24) is 20.4 Å². The average Bonchev–Trinajstić information content (AvgIpc) is 4.31. The van der Waals surface area contributed by atoms with Gasteiger partial charge in [-0.15, -0.1) is 0 Å². The maximum Gasteiger partial charge on any atom is 0.0237 e. The van der Waals surface area contributed by atoms with Crippen molar-refractivity contribution in [2.45, 2.75) is 62.4 Å². The van der Waals surface area contributed by atoms with Crippen LogP contribution in [0.4, 0.5) is 0 Å². The van der Waals surface area contributed by atoms with Crippen molar-refractivity contribution >= 4 is 11.1 Å². The number of hydrogen-bond donors (Lipinski definition) is 2. The molecule has 2 aliphatic carbocycles. The van der Waals surface area contributed by atoms with E-state index in [2.05, 4.69) is 215 Å². The molecule has 4 fully saturated rings. The van der Waals surface area contributed by atoms with Crippen molar-refractivity contribution < 1.29 is 0 Å². The highest BCUT2D eigenvalue weighted by Gasteiger charge is 2.57. The van der Waals surface area contributed by atoms with Crippen LogP contribution in [0.3, 0.4) is 0 Å². The third-order valence-corrected chi connectivity index (χ3v) is 14.8. The molecule has 6 aliphatic rings. The number of hydrogen-bond acceptors (Lipinski definition) is 4. The first kappa shape index (κ1) is 43.9. The minimum atomic E-state index is 0.522. The summed E-state index contributed by atoms with van der Waals surface area (Å²) in [6.07, 6.45) is 12.4. The van der Waals surface area contributed by atoms with Crippen LogP contribution in [0.25, 0.3) is 11.1 Å². The second kappa shape index (κ2) is 21.5. The summed E-state index contributed by atoms with van der Waals surface area (Å²) < 4.78 is 0. The van der Waals surface area contributed by atoms with Crippen molar-refractivity contribution in [2.75, 3.05) is 52.4 Å². The molecular formula is C60H68N4. The number of fused-ring (bicyclic) bond motifs is 2. The summed E-state index contributed by atoms with van der Waals surface area (Å²) in [5, 5.41) is 6.78. The molecule has 4 heteroatoms. The monoisotopic (exact) mass is 845 g/mol. The fraction of sp³-hybridized carbons (Fsp3) is 0.333. The van der Waals surface area contributed by atoms with Crippen LogP contribution in [0.5, 0.6) is 0 Å². The summed E-state index contributed by atoms with van der Waals surface area (Å²) >= 11 is 0. The van der Waals surface area contributed by atoms with E-state index in [9.17, 15) is 0 Å². The van der Waals surface area contributed by atoms with Crippen LogP contribution in [-0.4, -0.2) is 62.2 Å². The van der Waals surface area contributed by atoms with Crippen molar-refractivity contribution in [3.8, 4) is 0 Å². The minimum Gasteiger partial charge on any atom is -0.316 e. The van der Waals surface area contributed by atoms with Gasteiger partial charge in [-0.05, 0) is 121 Å². The van der Waals surface area contributed by atoms with Gasteiger partial charge in [0.2, 0.25) is 0 Å². The van der Waals surface area contributed by atoms with E-state index in [1.54, 1.807) is 11.1 Å². The van der Waals surface area contributed by atoms with Gasteiger partial charge in [-0.3, -0.25) is 9.80 Å². The van der Waals surface area contributed by atoms with E-state index in [0.29, 0.717) is 10.8 Å². The number of nitrogens with one attached hydrogen (secondary N) is 2. The van der Waals surface area contributed by atoms with Crippen molar-refractivity contribution in [1.29, 1.82) is 0 Å². The Balaban J connectivity index is 0.000000110. The zero-order valence-corrected chi connectivity index (χ0v) is 37.8. The maximum atomic E-state index is 3.47. The number of likely N-dealkylation sites (tertiary alicyclic amines) is 1. The zero-order chi connectivity index (χ0) is 43.3. The lowest BCUT2D eigenvalue weighted by atomic mass is 9.87. The summed E-state index contributed by atoms with van der Waals surface area (Å²) in [5.41, 5.74) is 12.8. The molecule has 2 saturated heterocycles. The van der Waals surface area contributed by atoms with E-state index in [4.69, 9.17) is 0 Å². The molecular weight excluding hydrogens is 777 g/mol. The lowest BCUT2D eigenvalue weighted by Gasteiger charge is -2.32. The Kier molecular flexibility index (Phi) is 14.8. The number of piperidine rings is 2. The van der Waals surface area contributed by atoms with E-state index >= 15 is 0 Å². The SMILES string of the molecule is C1=C(c2ccccc2)CCN(Cc2ccccc2)C1.C1=C(c2ccccc2)CCNC1.c1ccc(C23CCNCC2C3)cc1.c1ccc(CN2CCC3(c4ccccc4)CC3C2)cc1. The third-order valence-electron chi connectivity index (χ3n) is 14.8. The molecule has 0 radical (unpaired) electrons. The number of rotatable bonds is 8. The Bertz CT molecular complexity index is 2370. The van der Waals surface area contributed by atoms with Gasteiger partial charge in [-0.1, -0.05) is 194 Å². The Morgan fingerprint density at radius 2 is 0.953 bits per heavy atom. The van der Waals surface area contributed by atoms with Gasteiger partial charge < -0.3 is 10.6 Å². The first-order chi connectivity index (χ1) is 31.7. The summed E-state index contributed by atoms with van der Waals surface area (Å²) in [6.45, 7) is 11.4. The second-order valence-corrected chi connectivity index (χ2v) is 18.9. The lowest BCUT2D eigenvalue weighted by Crippen LogP contribution is -2.35. The number of nitrogens with zero attached hydrogens (tertiary/aromatic N) is 2. The summed E-state index contributed by atoms with van der Waals surface area (Å²) in [7, 11) is 0. The smallest absolute Gasteiger partial charge is 0.0237 e. The van der Waals surface area contributed by atoms with Gasteiger partial charge in [0.15, 0.2) is 0 Å². The quantitative estimate of drug-likeness (QED) is 0.160. The molecule has 0 spiro atoms. The molecule has 12 rings (SSSR count). The van der Waals surface area contributed by atoms with Crippen LogP contribution in [0.15, 0.2) is 194 Å². The molecule has 4 nitrogen and oxygen atoms in total. The zero-order valence-electron chi connectivity index (χ0n) is 37.8. The molecule has 4 atom stereocenters. The molecule has 328 valence electrons. The Labute approximate surface area is 384 Å². The Hall–Kier alpha value is -5.36. The van der Waals surface area contributed by atoms with Gasteiger partial charge >= 0.3 is 0 Å². The molecule has 4 aliphatic heterocycles. The molecule has 2 N–H and O–H groups in total. The van der Waals surface area contributed by atoms with Crippen LogP contribution in [0.1, 0.15) is 71.9 Å². The molecule has 64 heavy (non-hydrogen) atoms. The highest BCUT2D eigenvalue weighted by Crippen LogP contribution is 2.59. The van der Waals surface area contributed by atoms with Crippen LogP contribution in [0.2, 0.25) is 0 Å². The Morgan fingerprint density at radius 1 is 0.453 bits per heavy atom. The average molecular weight is 845 g/mol. The second-order valence-electron chi connectivity index (χ2n) is 18.9. The fourth-order valence-electron chi connectivity index (χ4n) is 10.9. The van der Waals surface area contributed by atoms with Gasteiger partial charge in [0, 0.05) is 50.1 Å². The van der Waals surface area contributed by atoms with E-state index in [1.807, 2.05) is 0 Å². The van der Waals surface area contributed by atoms with Crippen LogP contribution in [0, 0.1) is 11.8 Å². The van der Waals surface area contributed by atoms with Gasteiger partial charge in [0.05, 0.1) is 0 Å². The molecule has 4 unspecified atom stereocenters. The first-order valence-corrected chi connectivity index (χ1v) is 24.2. The van der Waals surface area contributed by atoms with Crippen molar-refractivity contribution in [3.63, 3.8) is 0 Å². The molecule has 0 bridgehead atoms. The van der Waals surface area contributed by atoms with E-state index in [-0.39, 0.29) is 0 Å². The van der Waals surface area contributed by atoms with E-state index in [0.717, 1.165) is 63.9 Å². The topological polar surface area (TPSA) is 30.5 Å².